The van der Waals surface area contributed by atoms with E-state index in [9.17, 15) is 19.2 Å². The molecule has 4 amide bonds. The van der Waals surface area contributed by atoms with Crippen LogP contribution in [0.15, 0.2) is 12.3 Å². The van der Waals surface area contributed by atoms with Gasteiger partial charge in [-0.2, -0.15) is 0 Å². The van der Waals surface area contributed by atoms with Gasteiger partial charge < -0.3 is 30.2 Å². The van der Waals surface area contributed by atoms with Crippen LogP contribution in [0.5, 0.6) is 0 Å². The highest BCUT2D eigenvalue weighted by Gasteiger charge is 2.30. The maximum absolute atomic E-state index is 11.6. The van der Waals surface area contributed by atoms with E-state index in [0.29, 0.717) is 31.4 Å². The summed E-state index contributed by atoms with van der Waals surface area (Å²) in [7, 11) is 0. The van der Waals surface area contributed by atoms with Crippen molar-refractivity contribution in [1.29, 1.82) is 0 Å². The fourth-order valence-electron chi connectivity index (χ4n) is 5.84. The van der Waals surface area contributed by atoms with Gasteiger partial charge >= 0.3 is 0 Å². The van der Waals surface area contributed by atoms with E-state index in [1.165, 1.54) is 19.3 Å². The average Bonchev–Trinajstić information content (AvgIpc) is 3.14. The monoisotopic (exact) mass is 681 g/mol. The Morgan fingerprint density at radius 3 is 1.29 bits per heavy atom. The molecule has 0 aromatic heterocycles. The minimum atomic E-state index is -0.0147. The fraction of sp³-hybridized carbons (Fsp3) is 0.842. The first-order chi connectivity index (χ1) is 21.0. The van der Waals surface area contributed by atoms with Crippen LogP contribution < -0.4 is 10.6 Å². The summed E-state index contributed by atoms with van der Waals surface area (Å²) >= 11 is 0. The second kappa shape index (κ2) is 20.1. The maximum atomic E-state index is 11.6. The van der Waals surface area contributed by atoms with Crippen LogP contribution in [0.1, 0.15) is 143 Å². The highest BCUT2D eigenvalue weighted by Crippen LogP contribution is 2.22. The third-order valence-electron chi connectivity index (χ3n) is 8.40. The van der Waals surface area contributed by atoms with Gasteiger partial charge in [-0.15, -0.1) is 0 Å². The summed E-state index contributed by atoms with van der Waals surface area (Å²) < 4.78 is 0. The molecule has 48 heavy (non-hydrogen) atoms. The molecule has 282 valence electrons. The number of rotatable bonds is 0. The SMILES string of the molecule is C.C.C=C1CNC(=O)CN1C(C)(C)C.CC(C)(C)N1CCCCC1=O.CC(C)(C)N1CCCCCC1=O.CC(C)(C)N1CCNCC1=O. The molecule has 10 nitrogen and oxygen atoms in total. The van der Waals surface area contributed by atoms with Gasteiger partial charge in [0.1, 0.15) is 0 Å². The largest absolute Gasteiger partial charge is 0.360 e. The van der Waals surface area contributed by atoms with Gasteiger partial charge in [0, 0.05) is 66.9 Å². The van der Waals surface area contributed by atoms with Crippen LogP contribution >= 0.6 is 0 Å². The van der Waals surface area contributed by atoms with Crippen molar-refractivity contribution in [2.24, 2.45) is 0 Å². The molecule has 4 fully saturated rings. The first kappa shape index (κ1) is 47.5. The normalized spacial score (nSPS) is 19.5. The van der Waals surface area contributed by atoms with Gasteiger partial charge in [0.25, 0.3) is 0 Å². The lowest BCUT2D eigenvalue weighted by Crippen LogP contribution is -2.55. The number of piperidine rings is 1. The zero-order valence-electron chi connectivity index (χ0n) is 31.5. The summed E-state index contributed by atoms with van der Waals surface area (Å²) in [5, 5.41) is 5.80. The van der Waals surface area contributed by atoms with Crippen LogP contribution in [-0.2, 0) is 19.2 Å². The maximum Gasteiger partial charge on any atom is 0.239 e. The number of piperazine rings is 2. The van der Waals surface area contributed by atoms with Crippen molar-refractivity contribution in [2.75, 3.05) is 45.8 Å². The minimum absolute atomic E-state index is 0. The Morgan fingerprint density at radius 2 is 0.917 bits per heavy atom. The van der Waals surface area contributed by atoms with E-state index < -0.39 is 0 Å². The predicted molar refractivity (Wildman–Crippen MR) is 202 cm³/mol. The van der Waals surface area contributed by atoms with Crippen LogP contribution in [0, 0.1) is 0 Å². The zero-order chi connectivity index (χ0) is 35.5. The first-order valence-electron chi connectivity index (χ1n) is 17.3. The van der Waals surface area contributed by atoms with Gasteiger partial charge in [0.2, 0.25) is 23.6 Å². The molecule has 4 aliphatic heterocycles. The van der Waals surface area contributed by atoms with Crippen LogP contribution in [0.2, 0.25) is 0 Å². The van der Waals surface area contributed by atoms with Gasteiger partial charge in [-0.25, -0.2) is 0 Å². The molecule has 4 saturated heterocycles. The lowest BCUT2D eigenvalue weighted by Gasteiger charge is -2.41. The first-order valence-corrected chi connectivity index (χ1v) is 17.3. The summed E-state index contributed by atoms with van der Waals surface area (Å²) in [6, 6.07) is 0. The Hall–Kier alpha value is -2.62. The molecule has 0 aliphatic carbocycles. The number of hydrogen-bond acceptors (Lipinski definition) is 6. The third-order valence-corrected chi connectivity index (χ3v) is 8.40. The summed E-state index contributed by atoms with van der Waals surface area (Å²) in [4.78, 5) is 53.3. The molecule has 0 bridgehead atoms. The topological polar surface area (TPSA) is 105 Å². The predicted octanol–water partition coefficient (Wildman–Crippen LogP) is 6.20. The van der Waals surface area contributed by atoms with Crippen molar-refractivity contribution >= 4 is 23.6 Å². The molecule has 2 N–H and O–H groups in total. The molecule has 0 saturated carbocycles. The smallest absolute Gasteiger partial charge is 0.239 e. The number of carbonyl (C=O) groups excluding carboxylic acids is 4. The second-order valence-electron chi connectivity index (χ2n) is 16.7. The summed E-state index contributed by atoms with van der Waals surface area (Å²) in [6.07, 6.45) is 7.19. The standard InChI is InChI=1S/C10H19NO.C9H16N2O.C9H17NO.C8H16N2O.2CH4/c1-10(2,3)11-8-6-4-5-7-9(11)12;1-7-5-10-8(12)6-11(7)9(2,3)4;1-9(2,3)10-7-5-4-6-8(10)11;1-8(2,3)10-5-4-9-6-7(10)11;;/h4-8H2,1-3H3;1,5-6H2,2-4H3,(H,10,12);4-7H2,1-3H3;9H,4-6H2,1-3H3;2*1H4. The van der Waals surface area contributed by atoms with Crippen molar-refractivity contribution in [2.45, 2.75) is 165 Å². The molecule has 0 radical (unpaired) electrons. The van der Waals surface area contributed by atoms with Gasteiger partial charge in [-0.05, 0) is 109 Å². The van der Waals surface area contributed by atoms with Crippen LogP contribution in [0.25, 0.3) is 0 Å². The van der Waals surface area contributed by atoms with Gasteiger partial charge in [0.15, 0.2) is 0 Å². The molecule has 10 heteroatoms. The molecule has 0 aromatic rings. The van der Waals surface area contributed by atoms with Crippen molar-refractivity contribution in [3.05, 3.63) is 12.3 Å². The number of amides is 4. The zero-order valence-corrected chi connectivity index (χ0v) is 31.5. The summed E-state index contributed by atoms with van der Waals surface area (Å²) in [5.74, 6) is 0.949. The Labute approximate surface area is 295 Å². The highest BCUT2D eigenvalue weighted by molar-refractivity contribution is 5.80. The van der Waals surface area contributed by atoms with E-state index in [2.05, 4.69) is 100 Å². The molecular weight excluding hydrogens is 604 g/mol. The van der Waals surface area contributed by atoms with Gasteiger partial charge in [-0.1, -0.05) is 27.9 Å². The van der Waals surface area contributed by atoms with Gasteiger partial charge in [-0.3, -0.25) is 19.2 Å². The number of hydrogen-bond donors (Lipinski definition) is 2. The minimum Gasteiger partial charge on any atom is -0.360 e. The molecule has 0 atom stereocenters. The molecule has 0 aromatic carbocycles. The molecule has 4 heterocycles. The summed E-state index contributed by atoms with van der Waals surface area (Å²) in [5.41, 5.74) is 1.01. The van der Waals surface area contributed by atoms with E-state index in [-0.39, 0.29) is 48.8 Å². The number of nitrogens with zero attached hydrogens (tertiary/aromatic N) is 4. The van der Waals surface area contributed by atoms with Crippen molar-refractivity contribution in [3.8, 4) is 0 Å². The van der Waals surface area contributed by atoms with E-state index in [4.69, 9.17) is 0 Å². The molecule has 0 unspecified atom stereocenters. The Kier molecular flexibility index (Phi) is 19.9. The highest BCUT2D eigenvalue weighted by atomic mass is 16.2. The van der Waals surface area contributed by atoms with E-state index in [1.54, 1.807) is 0 Å². The molecule has 4 rings (SSSR count). The molecular formula is C38H76N6O4. The van der Waals surface area contributed by atoms with Crippen LogP contribution in [0.4, 0.5) is 0 Å². The Morgan fingerprint density at radius 1 is 0.521 bits per heavy atom. The summed E-state index contributed by atoms with van der Waals surface area (Å²) in [6.45, 7) is 34.1. The van der Waals surface area contributed by atoms with Crippen molar-refractivity contribution in [3.63, 3.8) is 0 Å². The van der Waals surface area contributed by atoms with Gasteiger partial charge in [0.05, 0.1) is 19.6 Å². The second-order valence-corrected chi connectivity index (χ2v) is 16.7. The number of nitrogens with one attached hydrogen (secondary N) is 2. The van der Waals surface area contributed by atoms with Crippen molar-refractivity contribution < 1.29 is 19.2 Å². The van der Waals surface area contributed by atoms with E-state index in [0.717, 1.165) is 57.6 Å². The average molecular weight is 681 g/mol. The lowest BCUT2D eigenvalue weighted by molar-refractivity contribution is -0.138. The molecule has 0 spiro atoms. The molecule has 4 aliphatic rings. The number of likely N-dealkylation sites (tertiary alicyclic amines) is 2. The lowest BCUT2D eigenvalue weighted by atomic mass is 10.0. The third kappa shape index (κ3) is 16.7. The van der Waals surface area contributed by atoms with Crippen LogP contribution in [-0.4, -0.2) is 111 Å². The number of carbonyl (C=O) groups is 4. The van der Waals surface area contributed by atoms with E-state index >= 15 is 0 Å². The Bertz CT molecular complexity index is 992. The Balaban J connectivity index is 0. The van der Waals surface area contributed by atoms with Crippen molar-refractivity contribution in [1.82, 2.24) is 30.2 Å². The fourth-order valence-corrected chi connectivity index (χ4v) is 5.84. The quantitative estimate of drug-likeness (QED) is 0.316. The van der Waals surface area contributed by atoms with Crippen LogP contribution in [0.3, 0.4) is 0 Å². The van der Waals surface area contributed by atoms with E-state index in [1.807, 2.05) is 19.6 Å².